The highest BCUT2D eigenvalue weighted by atomic mass is 16.1. The molecule has 1 aromatic carbocycles. The highest BCUT2D eigenvalue weighted by Crippen LogP contribution is 2.20. The van der Waals surface area contributed by atoms with Gasteiger partial charge in [-0.2, -0.15) is 5.10 Å². The van der Waals surface area contributed by atoms with Crippen LogP contribution >= 0.6 is 0 Å². The number of aromatic nitrogens is 3. The van der Waals surface area contributed by atoms with Gasteiger partial charge in [-0.25, -0.2) is 4.98 Å². The Morgan fingerprint density at radius 3 is 2.95 bits per heavy atom. The number of nitrogens with two attached hydrogens (primary N) is 1. The molecule has 0 fully saturated rings. The van der Waals surface area contributed by atoms with Crippen molar-refractivity contribution in [2.45, 2.75) is 13.5 Å². The number of benzene rings is 1. The van der Waals surface area contributed by atoms with Gasteiger partial charge in [0.05, 0.1) is 23.0 Å². The van der Waals surface area contributed by atoms with Crippen LogP contribution in [0.5, 0.6) is 0 Å². The number of aryl methyl sites for hydroxylation is 1. The number of hydrogen-bond acceptors (Lipinski definition) is 4. The van der Waals surface area contributed by atoms with E-state index < -0.39 is 0 Å². The van der Waals surface area contributed by atoms with Crippen LogP contribution in [0.3, 0.4) is 0 Å². The highest BCUT2D eigenvalue weighted by Gasteiger charge is 2.13. The van der Waals surface area contributed by atoms with Crippen molar-refractivity contribution in [3.8, 4) is 0 Å². The van der Waals surface area contributed by atoms with Crippen molar-refractivity contribution >= 4 is 28.3 Å². The van der Waals surface area contributed by atoms with Gasteiger partial charge in [0, 0.05) is 18.1 Å². The molecule has 0 aliphatic heterocycles. The highest BCUT2D eigenvalue weighted by molar-refractivity contribution is 6.12. The number of nitrogens with one attached hydrogen (secondary N) is 1. The molecule has 0 atom stereocenters. The maximum absolute atomic E-state index is 12.4. The second-order valence-corrected chi connectivity index (χ2v) is 4.65. The van der Waals surface area contributed by atoms with Crippen LogP contribution in [0.2, 0.25) is 0 Å². The fraction of sp³-hybridized carbons (Fsp3) is 0.133. The monoisotopic (exact) mass is 281 g/mol. The van der Waals surface area contributed by atoms with E-state index in [-0.39, 0.29) is 5.91 Å². The molecule has 1 amide bonds. The zero-order valence-electron chi connectivity index (χ0n) is 11.6. The Bertz CT molecular complexity index is 809. The fourth-order valence-corrected chi connectivity index (χ4v) is 2.18. The normalized spacial score (nSPS) is 10.7. The lowest BCUT2D eigenvalue weighted by Crippen LogP contribution is -2.13. The molecule has 0 radical (unpaired) electrons. The van der Waals surface area contributed by atoms with Crippen LogP contribution in [0.1, 0.15) is 17.3 Å². The molecule has 6 nitrogen and oxygen atoms in total. The summed E-state index contributed by atoms with van der Waals surface area (Å²) in [7, 11) is 0. The smallest absolute Gasteiger partial charge is 0.256 e. The third-order valence-corrected chi connectivity index (χ3v) is 3.20. The van der Waals surface area contributed by atoms with Gasteiger partial charge in [0.1, 0.15) is 5.82 Å². The molecule has 3 N–H and O–H groups in total. The van der Waals surface area contributed by atoms with E-state index in [0.717, 1.165) is 11.9 Å². The Kier molecular flexibility index (Phi) is 3.27. The first kappa shape index (κ1) is 13.1. The van der Waals surface area contributed by atoms with Gasteiger partial charge in [-0.05, 0) is 19.1 Å². The van der Waals surface area contributed by atoms with Crippen molar-refractivity contribution in [1.82, 2.24) is 14.8 Å². The maximum Gasteiger partial charge on any atom is 0.256 e. The molecular weight excluding hydrogens is 266 g/mol. The number of para-hydroxylation sites is 1. The van der Waals surface area contributed by atoms with E-state index in [1.807, 2.05) is 31.2 Å². The number of carbonyl (C=O) groups is 1. The van der Waals surface area contributed by atoms with Crippen LogP contribution < -0.4 is 11.1 Å². The van der Waals surface area contributed by atoms with E-state index in [4.69, 9.17) is 5.73 Å². The van der Waals surface area contributed by atoms with Crippen molar-refractivity contribution in [2.75, 3.05) is 11.1 Å². The molecule has 0 saturated heterocycles. The summed E-state index contributed by atoms with van der Waals surface area (Å²) in [5, 5.41) is 7.72. The Labute approximate surface area is 121 Å². The number of hydrogen-bond donors (Lipinski definition) is 2. The summed E-state index contributed by atoms with van der Waals surface area (Å²) in [4.78, 5) is 16.7. The first-order valence-electron chi connectivity index (χ1n) is 6.66. The predicted octanol–water partition coefficient (Wildman–Crippen LogP) is 2.29. The minimum Gasteiger partial charge on any atom is -0.384 e. The number of amides is 1. The van der Waals surface area contributed by atoms with Gasteiger partial charge in [-0.3, -0.25) is 9.48 Å². The summed E-state index contributed by atoms with van der Waals surface area (Å²) < 4.78 is 1.74. The van der Waals surface area contributed by atoms with E-state index in [0.29, 0.717) is 22.6 Å². The third kappa shape index (κ3) is 2.55. The summed E-state index contributed by atoms with van der Waals surface area (Å²) >= 11 is 0. The van der Waals surface area contributed by atoms with E-state index in [9.17, 15) is 4.79 Å². The van der Waals surface area contributed by atoms with E-state index in [1.165, 1.54) is 0 Å². The summed E-state index contributed by atoms with van der Waals surface area (Å²) in [6.45, 7) is 2.73. The number of carbonyl (C=O) groups excluding carboxylic acids is 1. The lowest BCUT2D eigenvalue weighted by molar-refractivity contribution is 0.102. The van der Waals surface area contributed by atoms with Crippen LogP contribution in [-0.4, -0.2) is 20.7 Å². The number of nitrogen functional groups attached to an aromatic ring is 1. The van der Waals surface area contributed by atoms with Crippen LogP contribution in [0.25, 0.3) is 10.9 Å². The van der Waals surface area contributed by atoms with E-state index in [2.05, 4.69) is 15.4 Å². The number of nitrogens with zero attached hydrogens (tertiary/aromatic N) is 3. The first-order valence-corrected chi connectivity index (χ1v) is 6.66. The van der Waals surface area contributed by atoms with Crippen molar-refractivity contribution in [3.05, 3.63) is 48.3 Å². The fourth-order valence-electron chi connectivity index (χ4n) is 2.18. The van der Waals surface area contributed by atoms with Gasteiger partial charge >= 0.3 is 0 Å². The van der Waals surface area contributed by atoms with Crippen molar-refractivity contribution < 1.29 is 4.79 Å². The van der Waals surface area contributed by atoms with Gasteiger partial charge in [-0.15, -0.1) is 0 Å². The molecular formula is C15H15N5O. The summed E-state index contributed by atoms with van der Waals surface area (Å²) in [5.41, 5.74) is 7.63. The molecule has 0 bridgehead atoms. The maximum atomic E-state index is 12.4. The second-order valence-electron chi connectivity index (χ2n) is 4.65. The van der Waals surface area contributed by atoms with Crippen LogP contribution in [0, 0.1) is 0 Å². The molecule has 21 heavy (non-hydrogen) atoms. The number of anilines is 2. The average Bonchev–Trinajstić information content (AvgIpc) is 2.94. The molecule has 0 unspecified atom stereocenters. The molecule has 106 valence electrons. The first-order chi connectivity index (χ1) is 10.2. The standard InChI is InChI=1S/C15H15N5O/c1-2-20-9-10(8-17-20)18-15(21)12-7-14(16)19-13-6-4-3-5-11(12)13/h3-9H,2H2,1H3,(H2,16,19)(H,18,21). The second kappa shape index (κ2) is 5.24. The minimum atomic E-state index is -0.226. The predicted molar refractivity (Wildman–Crippen MR) is 82.0 cm³/mol. The zero-order chi connectivity index (χ0) is 14.8. The molecule has 3 aromatic rings. The lowest BCUT2D eigenvalue weighted by Gasteiger charge is -2.07. The summed E-state index contributed by atoms with van der Waals surface area (Å²) in [6.07, 6.45) is 3.40. The minimum absolute atomic E-state index is 0.226. The Balaban J connectivity index is 1.97. The average molecular weight is 281 g/mol. The van der Waals surface area contributed by atoms with Gasteiger partial charge in [0.15, 0.2) is 0 Å². The summed E-state index contributed by atoms with van der Waals surface area (Å²) in [6, 6.07) is 9.00. The van der Waals surface area contributed by atoms with E-state index in [1.54, 1.807) is 23.1 Å². The molecule has 2 heterocycles. The number of pyridine rings is 1. The third-order valence-electron chi connectivity index (χ3n) is 3.20. The van der Waals surface area contributed by atoms with E-state index >= 15 is 0 Å². The van der Waals surface area contributed by atoms with Gasteiger partial charge < -0.3 is 11.1 Å². The molecule has 3 rings (SSSR count). The molecule has 0 saturated carbocycles. The number of fused-ring (bicyclic) bond motifs is 1. The quantitative estimate of drug-likeness (QED) is 0.771. The molecule has 0 spiro atoms. The van der Waals surface area contributed by atoms with Crippen LogP contribution in [-0.2, 0) is 6.54 Å². The lowest BCUT2D eigenvalue weighted by atomic mass is 10.1. The molecule has 0 aliphatic carbocycles. The van der Waals surface area contributed by atoms with Crippen LogP contribution in [0.4, 0.5) is 11.5 Å². The Hall–Kier alpha value is -2.89. The van der Waals surface area contributed by atoms with Gasteiger partial charge in [-0.1, -0.05) is 18.2 Å². The topological polar surface area (TPSA) is 85.8 Å². The Morgan fingerprint density at radius 2 is 2.19 bits per heavy atom. The largest absolute Gasteiger partial charge is 0.384 e. The molecule has 2 aromatic heterocycles. The van der Waals surface area contributed by atoms with Crippen molar-refractivity contribution in [1.29, 1.82) is 0 Å². The Morgan fingerprint density at radius 1 is 1.38 bits per heavy atom. The summed E-state index contributed by atoms with van der Waals surface area (Å²) in [5.74, 6) is 0.0963. The van der Waals surface area contributed by atoms with Gasteiger partial charge in [0.2, 0.25) is 0 Å². The number of rotatable bonds is 3. The molecule has 0 aliphatic rings. The van der Waals surface area contributed by atoms with Crippen LogP contribution in [0.15, 0.2) is 42.7 Å². The SMILES string of the molecule is CCn1cc(NC(=O)c2cc(N)nc3ccccc23)cn1. The molecule has 6 heteroatoms. The van der Waals surface area contributed by atoms with Gasteiger partial charge in [0.25, 0.3) is 5.91 Å². The van der Waals surface area contributed by atoms with Crippen molar-refractivity contribution in [3.63, 3.8) is 0 Å². The zero-order valence-corrected chi connectivity index (χ0v) is 11.6. The van der Waals surface area contributed by atoms with Crippen molar-refractivity contribution in [2.24, 2.45) is 0 Å².